The topological polar surface area (TPSA) is 58.4 Å². The van der Waals surface area contributed by atoms with Gasteiger partial charge in [-0.3, -0.25) is 9.88 Å². The number of hydrogen-bond donors (Lipinski definition) is 1. The van der Waals surface area contributed by atoms with Gasteiger partial charge in [0.15, 0.2) is 5.65 Å². The summed E-state index contributed by atoms with van der Waals surface area (Å²) in [6.07, 6.45) is 7.69. The van der Waals surface area contributed by atoms with Gasteiger partial charge in [0.1, 0.15) is 5.82 Å². The van der Waals surface area contributed by atoms with Crippen LogP contribution in [0.5, 0.6) is 0 Å². The number of hydrogen-bond acceptors (Lipinski definition) is 5. The minimum atomic E-state index is 0.435. The second kappa shape index (κ2) is 9.76. The van der Waals surface area contributed by atoms with E-state index >= 15 is 0 Å². The number of benzene rings is 2. The first-order valence-electron chi connectivity index (χ1n) is 12.1. The van der Waals surface area contributed by atoms with E-state index in [0.29, 0.717) is 12.5 Å². The molecular weight excluding hydrogens is 500 g/mol. The Hall–Kier alpha value is -3.29. The van der Waals surface area contributed by atoms with E-state index in [1.165, 1.54) is 16.3 Å². The van der Waals surface area contributed by atoms with Crippen LogP contribution in [0.1, 0.15) is 35.6 Å². The molecule has 0 spiro atoms. The molecule has 0 saturated carbocycles. The van der Waals surface area contributed by atoms with Gasteiger partial charge < -0.3 is 5.32 Å². The lowest BCUT2D eigenvalue weighted by Gasteiger charge is -2.32. The Labute approximate surface area is 213 Å². The van der Waals surface area contributed by atoms with Gasteiger partial charge in [-0.2, -0.15) is 9.61 Å². The number of nitrogens with one attached hydrogen (secondary N) is 1. The number of halogens is 1. The van der Waals surface area contributed by atoms with Crippen molar-refractivity contribution in [3.05, 3.63) is 101 Å². The van der Waals surface area contributed by atoms with Crippen molar-refractivity contribution in [1.29, 1.82) is 0 Å². The maximum Gasteiger partial charge on any atom is 0.171 e. The first kappa shape index (κ1) is 22.2. The van der Waals surface area contributed by atoms with Crippen molar-refractivity contribution in [2.75, 3.05) is 18.4 Å². The van der Waals surface area contributed by atoms with Crippen LogP contribution in [0.15, 0.2) is 83.7 Å². The number of likely N-dealkylation sites (tertiary alicyclic amines) is 1. The fourth-order valence-electron chi connectivity index (χ4n) is 5.04. The molecule has 1 aliphatic rings. The third-order valence-electron chi connectivity index (χ3n) is 6.92. The van der Waals surface area contributed by atoms with Crippen LogP contribution in [0.3, 0.4) is 0 Å². The molecule has 6 rings (SSSR count). The maximum atomic E-state index is 5.01. The molecule has 176 valence electrons. The smallest absolute Gasteiger partial charge is 0.171 e. The van der Waals surface area contributed by atoms with Gasteiger partial charge in [0.25, 0.3) is 0 Å². The lowest BCUT2D eigenvalue weighted by molar-refractivity contribution is 0.204. The Morgan fingerprint density at radius 3 is 2.69 bits per heavy atom. The molecule has 1 fully saturated rings. The molecule has 0 aliphatic carbocycles. The van der Waals surface area contributed by atoms with Crippen LogP contribution in [0.4, 0.5) is 5.82 Å². The van der Waals surface area contributed by atoms with Gasteiger partial charge >= 0.3 is 0 Å². The highest BCUT2D eigenvalue weighted by atomic mass is 79.9. The summed E-state index contributed by atoms with van der Waals surface area (Å²) in [6.45, 7) is 3.82. The SMILES string of the molecule is Brc1cnn2c(NCc3cccnc3)cc(C3CCN(Cc4cccc5ccccc45)CC3)nc12. The van der Waals surface area contributed by atoms with Crippen LogP contribution >= 0.6 is 15.9 Å². The molecule has 1 N–H and O–H groups in total. The molecule has 0 radical (unpaired) electrons. The summed E-state index contributed by atoms with van der Waals surface area (Å²) < 4.78 is 2.79. The van der Waals surface area contributed by atoms with Gasteiger partial charge in [0.05, 0.1) is 10.7 Å². The van der Waals surface area contributed by atoms with Crippen LogP contribution in [0.2, 0.25) is 0 Å². The standard InChI is InChI=1S/C28H27BrN6/c29-25-18-32-35-27(31-17-20-5-4-12-30-16-20)15-26(33-28(25)35)22-10-13-34(14-11-22)19-23-8-3-7-21-6-1-2-9-24(21)23/h1-9,12,15-16,18,22,31H,10-11,13-14,17,19H2. The van der Waals surface area contributed by atoms with E-state index in [-0.39, 0.29) is 0 Å². The van der Waals surface area contributed by atoms with Crippen LogP contribution in [0, 0.1) is 0 Å². The van der Waals surface area contributed by atoms with Gasteiger partial charge in [-0.1, -0.05) is 48.5 Å². The molecular formula is C28H27BrN6. The normalized spacial score (nSPS) is 15.1. The maximum absolute atomic E-state index is 5.01. The van der Waals surface area contributed by atoms with Crippen LogP contribution < -0.4 is 5.32 Å². The monoisotopic (exact) mass is 526 g/mol. The zero-order chi connectivity index (χ0) is 23.6. The molecule has 3 aromatic heterocycles. The number of piperidine rings is 1. The van der Waals surface area contributed by atoms with E-state index in [2.05, 4.69) is 90.8 Å². The second-order valence-corrected chi connectivity index (χ2v) is 10.1. The highest BCUT2D eigenvalue weighted by molar-refractivity contribution is 9.10. The van der Waals surface area contributed by atoms with E-state index in [1.54, 1.807) is 6.20 Å². The fourth-order valence-corrected chi connectivity index (χ4v) is 5.39. The lowest BCUT2D eigenvalue weighted by atomic mass is 9.92. The van der Waals surface area contributed by atoms with Crippen molar-refractivity contribution in [2.45, 2.75) is 31.8 Å². The molecule has 6 nitrogen and oxygen atoms in total. The zero-order valence-corrected chi connectivity index (χ0v) is 21.0. The lowest BCUT2D eigenvalue weighted by Crippen LogP contribution is -2.32. The van der Waals surface area contributed by atoms with Gasteiger partial charge in [0.2, 0.25) is 0 Å². The predicted molar refractivity (Wildman–Crippen MR) is 143 cm³/mol. The number of aromatic nitrogens is 4. The average Bonchev–Trinajstić information content (AvgIpc) is 3.29. The summed E-state index contributed by atoms with van der Waals surface area (Å²) in [5.74, 6) is 1.39. The Morgan fingerprint density at radius 2 is 1.83 bits per heavy atom. The van der Waals surface area contributed by atoms with Crippen molar-refractivity contribution in [1.82, 2.24) is 24.5 Å². The van der Waals surface area contributed by atoms with Crippen LogP contribution in [-0.4, -0.2) is 37.6 Å². The van der Waals surface area contributed by atoms with Crippen molar-refractivity contribution in [2.24, 2.45) is 0 Å². The largest absolute Gasteiger partial charge is 0.366 e. The highest BCUT2D eigenvalue weighted by Crippen LogP contribution is 2.31. The molecule has 0 amide bonds. The third-order valence-corrected chi connectivity index (χ3v) is 7.48. The number of anilines is 1. The predicted octanol–water partition coefficient (Wildman–Crippen LogP) is 6.03. The number of rotatable bonds is 6. The summed E-state index contributed by atoms with van der Waals surface area (Å²) in [6, 6.07) is 21.5. The van der Waals surface area contributed by atoms with E-state index in [4.69, 9.17) is 4.98 Å². The Morgan fingerprint density at radius 1 is 0.971 bits per heavy atom. The van der Waals surface area contributed by atoms with E-state index < -0.39 is 0 Å². The first-order chi connectivity index (χ1) is 17.2. The first-order valence-corrected chi connectivity index (χ1v) is 12.9. The quantitative estimate of drug-likeness (QED) is 0.292. The number of pyridine rings is 1. The van der Waals surface area contributed by atoms with Gasteiger partial charge in [-0.15, -0.1) is 0 Å². The summed E-state index contributed by atoms with van der Waals surface area (Å²) in [5.41, 5.74) is 4.53. The van der Waals surface area contributed by atoms with Crippen LogP contribution in [0.25, 0.3) is 16.4 Å². The molecule has 7 heteroatoms. The molecule has 1 saturated heterocycles. The summed E-state index contributed by atoms with van der Waals surface area (Å²) in [7, 11) is 0. The van der Waals surface area contributed by atoms with Gasteiger partial charge in [0, 0.05) is 43.2 Å². The molecule has 1 aliphatic heterocycles. The minimum Gasteiger partial charge on any atom is -0.366 e. The molecule has 35 heavy (non-hydrogen) atoms. The van der Waals surface area contributed by atoms with Crippen molar-refractivity contribution in [3.63, 3.8) is 0 Å². The molecule has 5 aromatic rings. The molecule has 2 aromatic carbocycles. The van der Waals surface area contributed by atoms with Crippen molar-refractivity contribution in [3.8, 4) is 0 Å². The van der Waals surface area contributed by atoms with Gasteiger partial charge in [-0.25, -0.2) is 4.98 Å². The third kappa shape index (κ3) is 4.66. The fraction of sp³-hybridized carbons (Fsp3) is 0.250. The van der Waals surface area contributed by atoms with Crippen LogP contribution in [-0.2, 0) is 13.1 Å². The minimum absolute atomic E-state index is 0.435. The molecule has 0 bridgehead atoms. The number of nitrogens with zero attached hydrogens (tertiary/aromatic N) is 5. The summed E-state index contributed by atoms with van der Waals surface area (Å²) in [4.78, 5) is 11.8. The molecule has 0 unspecified atom stereocenters. The molecule has 4 heterocycles. The van der Waals surface area contributed by atoms with Crippen molar-refractivity contribution >= 4 is 38.2 Å². The Bertz CT molecular complexity index is 1450. The Kier molecular flexibility index (Phi) is 6.19. The number of fused-ring (bicyclic) bond motifs is 2. The second-order valence-electron chi connectivity index (χ2n) is 9.20. The molecule has 0 atom stereocenters. The summed E-state index contributed by atoms with van der Waals surface area (Å²) in [5, 5.41) is 10.7. The van der Waals surface area contributed by atoms with E-state index in [9.17, 15) is 0 Å². The zero-order valence-electron chi connectivity index (χ0n) is 19.4. The highest BCUT2D eigenvalue weighted by Gasteiger charge is 2.24. The van der Waals surface area contributed by atoms with E-state index in [1.807, 2.05) is 23.0 Å². The summed E-state index contributed by atoms with van der Waals surface area (Å²) >= 11 is 3.63. The van der Waals surface area contributed by atoms with Crippen molar-refractivity contribution < 1.29 is 0 Å². The van der Waals surface area contributed by atoms with E-state index in [0.717, 1.165) is 59.7 Å². The Balaban J connectivity index is 1.19. The average molecular weight is 527 g/mol. The van der Waals surface area contributed by atoms with Gasteiger partial charge in [-0.05, 0) is 69.8 Å².